The highest BCUT2D eigenvalue weighted by molar-refractivity contribution is 7.25. The van der Waals surface area contributed by atoms with Gasteiger partial charge in [0.1, 0.15) is 5.58 Å². The summed E-state index contributed by atoms with van der Waals surface area (Å²) >= 11 is 1.83. The van der Waals surface area contributed by atoms with E-state index in [2.05, 4.69) is 192 Å². The van der Waals surface area contributed by atoms with Crippen LogP contribution in [0.5, 0.6) is 0 Å². The minimum Gasteiger partial charge on any atom is -0.454 e. The molecule has 2 aliphatic rings. The molecule has 0 radical (unpaired) electrons. The molecule has 0 bridgehead atoms. The molecule has 11 rings (SSSR count). The molecule has 7 aromatic carbocycles. The van der Waals surface area contributed by atoms with Crippen molar-refractivity contribution < 1.29 is 4.42 Å². The predicted molar refractivity (Wildman–Crippen MR) is 233 cm³/mol. The predicted octanol–water partition coefficient (Wildman–Crippen LogP) is 13.5. The molecule has 1 aliphatic heterocycles. The van der Waals surface area contributed by atoms with Gasteiger partial charge in [-0.2, -0.15) is 0 Å². The Balaban J connectivity index is 1.14. The molecule has 2 aromatic heterocycles. The fraction of sp³-hybridized carbons (Fsp3) is 0.0200. The van der Waals surface area contributed by atoms with Gasteiger partial charge in [0.05, 0.1) is 28.8 Å². The molecule has 0 saturated heterocycles. The van der Waals surface area contributed by atoms with Crippen LogP contribution in [0.4, 0.5) is 17.1 Å². The summed E-state index contributed by atoms with van der Waals surface area (Å²) in [5.74, 6) is 0. The summed E-state index contributed by atoms with van der Waals surface area (Å²) in [5.41, 5.74) is 12.1. The Kier molecular flexibility index (Phi) is 7.39. The molecule has 1 atom stereocenters. The van der Waals surface area contributed by atoms with Crippen molar-refractivity contribution in [2.75, 3.05) is 4.90 Å². The van der Waals surface area contributed by atoms with Crippen LogP contribution in [0.15, 0.2) is 198 Å². The van der Waals surface area contributed by atoms with Gasteiger partial charge in [0.25, 0.3) is 0 Å². The number of nitrogens with zero attached hydrogens (tertiary/aromatic N) is 2. The van der Waals surface area contributed by atoms with Gasteiger partial charge in [0.15, 0.2) is 5.58 Å². The van der Waals surface area contributed by atoms with Crippen LogP contribution in [0.2, 0.25) is 0 Å². The molecule has 1 N–H and O–H groups in total. The third-order valence-electron chi connectivity index (χ3n) is 10.7. The first kappa shape index (κ1) is 31.6. The maximum absolute atomic E-state index is 6.94. The van der Waals surface area contributed by atoms with Gasteiger partial charge in [0, 0.05) is 53.4 Å². The van der Waals surface area contributed by atoms with Crippen molar-refractivity contribution in [2.24, 2.45) is 4.99 Å². The third-order valence-corrected chi connectivity index (χ3v) is 11.8. The Morgan fingerprint density at radius 3 is 2.15 bits per heavy atom. The van der Waals surface area contributed by atoms with Gasteiger partial charge in [-0.25, -0.2) is 4.99 Å². The standard InChI is InChI=1S/C50H33N3OS/c1-3-13-32(14-4-1)33-23-25-34(26-24-33)48-49(52-42-20-10-9-19-41(42)51-48)40-29-30-43(50-47(40)39-18-7-11-21-44(39)54-50)53(35-15-5-2-6-16-35)36-27-28-38-37-17-8-12-22-45(37)55-46(38)31-36/h1-31,42,52H. The minimum atomic E-state index is -0.0471. The normalized spacial score (nSPS) is 15.1. The number of rotatable bonds is 6. The summed E-state index contributed by atoms with van der Waals surface area (Å²) in [7, 11) is 0. The monoisotopic (exact) mass is 723 g/mol. The van der Waals surface area contributed by atoms with Crippen LogP contribution in [0.3, 0.4) is 0 Å². The lowest BCUT2D eigenvalue weighted by Crippen LogP contribution is -2.37. The molecule has 9 aromatic rings. The fourth-order valence-electron chi connectivity index (χ4n) is 8.09. The number of benzene rings is 7. The SMILES string of the molecule is C1=CC2=NC(c3ccc(-c4ccccc4)cc3)=C(c3ccc(N(c4ccccc4)c4ccc5c(c4)sc4ccccc45)c4oc5ccccc5c34)NC2C=C1. The van der Waals surface area contributed by atoms with E-state index >= 15 is 0 Å². The molecule has 0 fully saturated rings. The highest BCUT2D eigenvalue weighted by atomic mass is 32.1. The second kappa shape index (κ2) is 12.9. The summed E-state index contributed by atoms with van der Waals surface area (Å²) in [5, 5.41) is 8.58. The van der Waals surface area contributed by atoms with Crippen LogP contribution in [0, 0.1) is 0 Å². The average molecular weight is 724 g/mol. The average Bonchev–Trinajstić information content (AvgIpc) is 3.83. The lowest BCUT2D eigenvalue weighted by Gasteiger charge is -2.29. The topological polar surface area (TPSA) is 40.8 Å². The Morgan fingerprint density at radius 1 is 0.582 bits per heavy atom. The van der Waals surface area contributed by atoms with Gasteiger partial charge in [-0.05, 0) is 65.7 Å². The maximum Gasteiger partial charge on any atom is 0.160 e. The summed E-state index contributed by atoms with van der Waals surface area (Å²) < 4.78 is 9.48. The van der Waals surface area contributed by atoms with Gasteiger partial charge in [-0.3, -0.25) is 0 Å². The van der Waals surface area contributed by atoms with Crippen LogP contribution in [0.25, 0.3) is 64.6 Å². The first-order valence-corrected chi connectivity index (χ1v) is 19.4. The van der Waals surface area contributed by atoms with Gasteiger partial charge < -0.3 is 14.6 Å². The molecule has 4 nitrogen and oxygen atoms in total. The highest BCUT2D eigenvalue weighted by Gasteiger charge is 2.29. The first-order chi connectivity index (χ1) is 27.3. The number of para-hydroxylation sites is 2. The van der Waals surface area contributed by atoms with E-state index in [1.807, 2.05) is 17.4 Å². The number of aliphatic imine (C=N–C) groups is 1. The van der Waals surface area contributed by atoms with Crippen LogP contribution >= 0.6 is 11.3 Å². The summed E-state index contributed by atoms with van der Waals surface area (Å²) in [6.07, 6.45) is 8.42. The molecule has 1 aliphatic carbocycles. The summed E-state index contributed by atoms with van der Waals surface area (Å²) in [6, 6.07) is 58.1. The van der Waals surface area contributed by atoms with Crippen LogP contribution in [-0.4, -0.2) is 11.8 Å². The first-order valence-electron chi connectivity index (χ1n) is 18.6. The number of allylic oxidation sites excluding steroid dienone is 2. The van der Waals surface area contributed by atoms with E-state index in [1.54, 1.807) is 0 Å². The molecular weight excluding hydrogens is 691 g/mol. The van der Waals surface area contributed by atoms with Crippen LogP contribution < -0.4 is 10.2 Å². The van der Waals surface area contributed by atoms with E-state index in [0.717, 1.165) is 67.2 Å². The second-order valence-electron chi connectivity index (χ2n) is 14.0. The minimum absolute atomic E-state index is 0.0471. The number of thiophene rings is 1. The van der Waals surface area contributed by atoms with E-state index < -0.39 is 0 Å². The van der Waals surface area contributed by atoms with Gasteiger partial charge in [0.2, 0.25) is 0 Å². The number of hydrogen-bond acceptors (Lipinski definition) is 5. The number of hydrogen-bond donors (Lipinski definition) is 1. The zero-order chi connectivity index (χ0) is 36.3. The van der Waals surface area contributed by atoms with Crippen molar-refractivity contribution in [2.45, 2.75) is 6.04 Å². The third kappa shape index (κ3) is 5.31. The van der Waals surface area contributed by atoms with Crippen molar-refractivity contribution >= 4 is 87.6 Å². The number of fused-ring (bicyclic) bond motifs is 7. The number of nitrogens with one attached hydrogen (secondary N) is 1. The zero-order valence-electron chi connectivity index (χ0n) is 29.7. The Hall–Kier alpha value is -6.95. The van der Waals surface area contributed by atoms with Gasteiger partial charge >= 0.3 is 0 Å². The van der Waals surface area contributed by atoms with Crippen molar-refractivity contribution in [1.82, 2.24) is 5.32 Å². The molecule has 0 spiro atoms. The van der Waals surface area contributed by atoms with Crippen molar-refractivity contribution in [3.8, 4) is 11.1 Å². The molecule has 5 heteroatoms. The quantitative estimate of drug-likeness (QED) is 0.186. The molecule has 1 unspecified atom stereocenters. The molecular formula is C50H33N3OS. The fourth-order valence-corrected chi connectivity index (χ4v) is 9.23. The lowest BCUT2D eigenvalue weighted by molar-refractivity contribution is 0.669. The number of furan rings is 1. The molecule has 0 saturated carbocycles. The molecule has 0 amide bonds. The van der Waals surface area contributed by atoms with E-state index in [9.17, 15) is 0 Å². The zero-order valence-corrected chi connectivity index (χ0v) is 30.5. The summed E-state index contributed by atoms with van der Waals surface area (Å²) in [6.45, 7) is 0. The van der Waals surface area contributed by atoms with Crippen molar-refractivity contribution in [3.05, 3.63) is 199 Å². The molecule has 55 heavy (non-hydrogen) atoms. The van der Waals surface area contributed by atoms with Gasteiger partial charge in [-0.15, -0.1) is 11.3 Å². The maximum atomic E-state index is 6.94. The Morgan fingerprint density at radius 2 is 1.29 bits per heavy atom. The van der Waals surface area contributed by atoms with Crippen LogP contribution in [-0.2, 0) is 0 Å². The van der Waals surface area contributed by atoms with E-state index in [1.165, 1.54) is 31.3 Å². The Labute approximate surface area is 322 Å². The largest absolute Gasteiger partial charge is 0.454 e. The van der Waals surface area contributed by atoms with E-state index in [0.29, 0.717) is 0 Å². The van der Waals surface area contributed by atoms with E-state index in [4.69, 9.17) is 9.41 Å². The molecule has 3 heterocycles. The van der Waals surface area contributed by atoms with Crippen molar-refractivity contribution in [3.63, 3.8) is 0 Å². The van der Waals surface area contributed by atoms with Crippen LogP contribution in [0.1, 0.15) is 11.1 Å². The lowest BCUT2D eigenvalue weighted by atomic mass is 9.94. The second-order valence-corrected chi connectivity index (χ2v) is 15.0. The van der Waals surface area contributed by atoms with Crippen molar-refractivity contribution in [1.29, 1.82) is 0 Å². The number of anilines is 3. The van der Waals surface area contributed by atoms with Gasteiger partial charge in [-0.1, -0.05) is 133 Å². The summed E-state index contributed by atoms with van der Waals surface area (Å²) in [4.78, 5) is 7.69. The Bertz CT molecular complexity index is 3060. The highest BCUT2D eigenvalue weighted by Crippen LogP contribution is 2.47. The molecule has 260 valence electrons. The smallest absolute Gasteiger partial charge is 0.160 e. The van der Waals surface area contributed by atoms with E-state index in [-0.39, 0.29) is 6.04 Å².